The molecule has 0 spiro atoms. The molecule has 0 radical (unpaired) electrons. The van der Waals surface area contributed by atoms with Crippen LogP contribution in [0.4, 0.5) is 5.69 Å². The van der Waals surface area contributed by atoms with Gasteiger partial charge in [-0.2, -0.15) is 0 Å². The maximum Gasteiger partial charge on any atom is 0.264 e. The number of nitrogens with one attached hydrogen (secondary N) is 1. The first kappa shape index (κ1) is 25.6. The Morgan fingerprint density at radius 3 is 2.16 bits per heavy atom. The van der Waals surface area contributed by atoms with Gasteiger partial charge >= 0.3 is 0 Å². The van der Waals surface area contributed by atoms with Crippen LogP contribution in [0, 0.1) is 0 Å². The van der Waals surface area contributed by atoms with Crippen LogP contribution in [0.15, 0.2) is 58.3 Å². The van der Waals surface area contributed by atoms with E-state index >= 15 is 0 Å². The first-order valence-electron chi connectivity index (χ1n) is 10.1. The van der Waals surface area contributed by atoms with Gasteiger partial charge in [-0.25, -0.2) is 21.6 Å². The van der Waals surface area contributed by atoms with Gasteiger partial charge in [-0.3, -0.25) is 9.10 Å². The van der Waals surface area contributed by atoms with E-state index in [-0.39, 0.29) is 40.1 Å². The van der Waals surface area contributed by atoms with E-state index in [4.69, 9.17) is 4.74 Å². The van der Waals surface area contributed by atoms with Gasteiger partial charge in [0.2, 0.25) is 15.9 Å². The third-order valence-corrected chi connectivity index (χ3v) is 8.19. The summed E-state index contributed by atoms with van der Waals surface area (Å²) in [5, 5.41) is 0. The molecule has 2 aromatic carbocycles. The maximum absolute atomic E-state index is 13.0. The van der Waals surface area contributed by atoms with Crippen LogP contribution in [0.25, 0.3) is 0 Å². The summed E-state index contributed by atoms with van der Waals surface area (Å²) in [5.74, 6) is 0.0458. The second kappa shape index (κ2) is 10.8. The number of anilines is 1. The number of ether oxygens (including phenoxy) is 1. The first-order valence-corrected chi connectivity index (χ1v) is 13.0. The summed E-state index contributed by atoms with van der Waals surface area (Å²) in [4.78, 5) is 13.6. The Balaban J connectivity index is 2.29. The zero-order valence-electron chi connectivity index (χ0n) is 18.6. The second-order valence-electron chi connectivity index (χ2n) is 6.83. The van der Waals surface area contributed by atoms with Crippen molar-refractivity contribution < 1.29 is 26.4 Å². The molecule has 0 bridgehead atoms. The highest BCUT2D eigenvalue weighted by Gasteiger charge is 2.26. The molecule has 2 rings (SSSR count). The van der Waals surface area contributed by atoms with Crippen molar-refractivity contribution in [3.05, 3.63) is 48.5 Å². The first-order chi connectivity index (χ1) is 15.1. The zero-order chi connectivity index (χ0) is 23.9. The smallest absolute Gasteiger partial charge is 0.264 e. The van der Waals surface area contributed by atoms with E-state index in [0.717, 1.165) is 4.31 Å². The highest BCUT2D eigenvalue weighted by atomic mass is 32.2. The molecule has 0 unspecified atom stereocenters. The molecule has 176 valence electrons. The summed E-state index contributed by atoms with van der Waals surface area (Å²) in [6, 6.07) is 11.7. The summed E-state index contributed by atoms with van der Waals surface area (Å²) in [7, 11) is -5.23. The lowest BCUT2D eigenvalue weighted by Gasteiger charge is -2.22. The normalized spacial score (nSPS) is 11.8. The Kier molecular flexibility index (Phi) is 8.65. The number of carbonyl (C=O) groups excluding carboxylic acids is 1. The van der Waals surface area contributed by atoms with Gasteiger partial charge in [-0.15, -0.1) is 0 Å². The quantitative estimate of drug-likeness (QED) is 0.523. The molecule has 0 aliphatic carbocycles. The number of hydrogen-bond donors (Lipinski definition) is 1. The van der Waals surface area contributed by atoms with Gasteiger partial charge in [0.05, 0.1) is 22.6 Å². The number of sulfonamides is 2. The molecule has 0 fully saturated rings. The Bertz CT molecular complexity index is 1130. The summed E-state index contributed by atoms with van der Waals surface area (Å²) in [6.07, 6.45) is 0.0201. The largest absolute Gasteiger partial charge is 0.495 e. The summed E-state index contributed by atoms with van der Waals surface area (Å²) in [6.45, 7) is 4.73. The summed E-state index contributed by atoms with van der Waals surface area (Å²) < 4.78 is 60.2. The fourth-order valence-corrected chi connectivity index (χ4v) is 5.34. The number of carbonyl (C=O) groups is 1. The lowest BCUT2D eigenvalue weighted by atomic mass is 10.3. The highest BCUT2D eigenvalue weighted by molar-refractivity contribution is 7.92. The zero-order valence-corrected chi connectivity index (χ0v) is 20.2. The third-order valence-electron chi connectivity index (χ3n) is 4.95. The molecule has 0 aliphatic rings. The molecule has 2 aromatic rings. The van der Waals surface area contributed by atoms with Crippen LogP contribution in [-0.2, 0) is 24.8 Å². The summed E-state index contributed by atoms with van der Waals surface area (Å²) in [5.41, 5.74) is 0.0680. The van der Waals surface area contributed by atoms with E-state index < -0.39 is 20.0 Å². The molecule has 11 heteroatoms. The topological polar surface area (TPSA) is 113 Å². The summed E-state index contributed by atoms with van der Waals surface area (Å²) >= 11 is 0. The number of benzene rings is 2. The van der Waals surface area contributed by atoms with Crippen molar-refractivity contribution in [1.29, 1.82) is 0 Å². The predicted molar refractivity (Wildman–Crippen MR) is 123 cm³/mol. The molecule has 1 amide bonds. The van der Waals surface area contributed by atoms with Gasteiger partial charge in [0.1, 0.15) is 5.75 Å². The molecule has 0 heterocycles. The minimum atomic E-state index is -3.98. The van der Waals surface area contributed by atoms with Crippen LogP contribution in [-0.4, -0.2) is 61.4 Å². The van der Waals surface area contributed by atoms with Crippen molar-refractivity contribution in [3.8, 4) is 5.75 Å². The molecule has 0 saturated heterocycles. The van der Waals surface area contributed by atoms with Gasteiger partial charge in [0.25, 0.3) is 10.0 Å². The second-order valence-corrected chi connectivity index (χ2v) is 10.6. The van der Waals surface area contributed by atoms with Gasteiger partial charge in [-0.1, -0.05) is 18.2 Å². The molecule has 0 aromatic heterocycles. The van der Waals surface area contributed by atoms with Crippen LogP contribution < -0.4 is 13.8 Å². The van der Waals surface area contributed by atoms with Crippen molar-refractivity contribution in [3.63, 3.8) is 0 Å². The van der Waals surface area contributed by atoms with Crippen molar-refractivity contribution in [1.82, 2.24) is 9.62 Å². The fraction of sp³-hybridized carbons (Fsp3) is 0.381. The number of nitrogens with zero attached hydrogens (tertiary/aromatic N) is 2. The van der Waals surface area contributed by atoms with Crippen LogP contribution in [0.1, 0.15) is 20.3 Å². The Labute approximate surface area is 190 Å². The van der Waals surface area contributed by atoms with E-state index in [1.165, 1.54) is 44.5 Å². The van der Waals surface area contributed by atoms with E-state index in [1.54, 1.807) is 23.1 Å². The predicted octanol–water partition coefficient (Wildman–Crippen LogP) is 2.06. The minimum absolute atomic E-state index is 0.0201. The monoisotopic (exact) mass is 483 g/mol. The highest BCUT2D eigenvalue weighted by Crippen LogP contribution is 2.33. The fourth-order valence-electron chi connectivity index (χ4n) is 3.07. The molecule has 0 aliphatic heterocycles. The molecule has 0 atom stereocenters. The SMILES string of the molecule is CCN(CC)C(=O)CCNS(=O)(=O)c1ccc(OC)c(N(C)S(=O)(=O)c2ccccc2)c1. The van der Waals surface area contributed by atoms with Gasteiger partial charge in [0.15, 0.2) is 0 Å². The van der Waals surface area contributed by atoms with Crippen LogP contribution in [0.3, 0.4) is 0 Å². The van der Waals surface area contributed by atoms with E-state index in [0.29, 0.717) is 13.1 Å². The van der Waals surface area contributed by atoms with E-state index in [1.807, 2.05) is 13.8 Å². The number of methoxy groups -OCH3 is 1. The Hall–Kier alpha value is -2.63. The van der Waals surface area contributed by atoms with Gasteiger partial charge in [0, 0.05) is 33.1 Å². The van der Waals surface area contributed by atoms with Crippen molar-refractivity contribution in [2.45, 2.75) is 30.1 Å². The minimum Gasteiger partial charge on any atom is -0.495 e. The molecule has 0 saturated carbocycles. The number of hydrogen-bond acceptors (Lipinski definition) is 6. The number of amides is 1. The maximum atomic E-state index is 13.0. The Morgan fingerprint density at radius 2 is 1.59 bits per heavy atom. The molecular formula is C21H29N3O6S2. The van der Waals surface area contributed by atoms with Gasteiger partial charge in [-0.05, 0) is 44.2 Å². The lowest BCUT2D eigenvalue weighted by Crippen LogP contribution is -2.34. The molecule has 32 heavy (non-hydrogen) atoms. The van der Waals surface area contributed by atoms with Crippen LogP contribution >= 0.6 is 0 Å². The molecule has 1 N–H and O–H groups in total. The van der Waals surface area contributed by atoms with Crippen LogP contribution in [0.2, 0.25) is 0 Å². The van der Waals surface area contributed by atoms with E-state index in [9.17, 15) is 21.6 Å². The van der Waals surface area contributed by atoms with E-state index in [2.05, 4.69) is 4.72 Å². The average Bonchev–Trinajstić information content (AvgIpc) is 2.79. The molecular weight excluding hydrogens is 454 g/mol. The van der Waals surface area contributed by atoms with Gasteiger partial charge < -0.3 is 9.64 Å². The molecule has 9 nitrogen and oxygen atoms in total. The average molecular weight is 484 g/mol. The standard InChI is InChI=1S/C21H29N3O6S2/c1-5-24(6-2)21(25)14-15-22-31(26,27)18-12-13-20(30-4)19(16-18)23(3)32(28,29)17-10-8-7-9-11-17/h7-13,16,22H,5-6,14-15H2,1-4H3. The lowest BCUT2D eigenvalue weighted by molar-refractivity contribution is -0.130. The number of rotatable bonds is 11. The van der Waals surface area contributed by atoms with Crippen LogP contribution in [0.5, 0.6) is 5.75 Å². The van der Waals surface area contributed by atoms with Crippen molar-refractivity contribution in [2.24, 2.45) is 0 Å². The third kappa shape index (κ3) is 5.78. The van der Waals surface area contributed by atoms with Crippen molar-refractivity contribution in [2.75, 3.05) is 38.1 Å². The van der Waals surface area contributed by atoms with Crippen molar-refractivity contribution >= 4 is 31.6 Å². The Morgan fingerprint density at radius 1 is 0.969 bits per heavy atom.